The molecule has 0 saturated carbocycles. The fraction of sp³-hybridized carbons (Fsp3) is 0.932. The van der Waals surface area contributed by atoms with Crippen LogP contribution in [0, 0.1) is 0 Å². The number of rotatable bonds is 41. The second kappa shape index (κ2) is 36.9. The number of aliphatic hydroxyl groups excluding tert-OH is 1. The third-order valence-corrected chi connectivity index (χ3v) is 11.2. The number of nitrogens with one attached hydrogen (secondary N) is 1. The van der Waals surface area contributed by atoms with Crippen molar-refractivity contribution in [3.05, 3.63) is 12.2 Å². The minimum absolute atomic E-state index is 0.0124. The van der Waals surface area contributed by atoms with Crippen molar-refractivity contribution in [1.29, 1.82) is 0 Å². The van der Waals surface area contributed by atoms with E-state index in [4.69, 9.17) is 9.05 Å². The van der Waals surface area contributed by atoms with E-state index in [1.165, 1.54) is 135 Å². The lowest BCUT2D eigenvalue weighted by molar-refractivity contribution is -0.870. The Hall–Kier alpha value is -0.760. The van der Waals surface area contributed by atoms with Crippen molar-refractivity contribution in [2.24, 2.45) is 0 Å². The van der Waals surface area contributed by atoms with Crippen molar-refractivity contribution in [1.82, 2.24) is 5.32 Å². The molecule has 0 aromatic rings. The number of likely N-dealkylation sites (N-methyl/N-ethyl adjacent to an activating group) is 1. The normalized spacial score (nSPS) is 14.5. The van der Waals surface area contributed by atoms with E-state index in [-0.39, 0.29) is 19.1 Å². The molecule has 0 aromatic carbocycles. The van der Waals surface area contributed by atoms with Gasteiger partial charge in [-0.15, -0.1) is 0 Å². The molecule has 0 spiro atoms. The number of hydrogen-bond acceptors (Lipinski definition) is 6. The van der Waals surface area contributed by atoms with E-state index in [9.17, 15) is 19.4 Å². The molecule has 1 amide bonds. The second-order valence-corrected chi connectivity index (χ2v) is 18.2. The van der Waals surface area contributed by atoms with Gasteiger partial charge in [0.15, 0.2) is 0 Å². The summed E-state index contributed by atoms with van der Waals surface area (Å²) in [7, 11) is 1.30. The van der Waals surface area contributed by atoms with Crippen molar-refractivity contribution >= 4 is 13.7 Å². The number of amides is 1. The van der Waals surface area contributed by atoms with Gasteiger partial charge >= 0.3 is 0 Å². The van der Waals surface area contributed by atoms with Gasteiger partial charge in [-0.1, -0.05) is 180 Å². The highest BCUT2D eigenvalue weighted by molar-refractivity contribution is 7.45. The van der Waals surface area contributed by atoms with Crippen LogP contribution in [0.15, 0.2) is 12.2 Å². The summed E-state index contributed by atoms with van der Waals surface area (Å²) >= 11 is 0. The van der Waals surface area contributed by atoms with E-state index in [1.54, 1.807) is 0 Å². The Bertz CT molecular complexity index is 880. The van der Waals surface area contributed by atoms with Crippen molar-refractivity contribution < 1.29 is 32.9 Å². The predicted molar refractivity (Wildman–Crippen MR) is 224 cm³/mol. The molecule has 316 valence electrons. The molecule has 2 N–H and O–H groups in total. The highest BCUT2D eigenvalue weighted by Gasteiger charge is 2.24. The predicted octanol–water partition coefficient (Wildman–Crippen LogP) is 11.7. The first-order chi connectivity index (χ1) is 25.5. The van der Waals surface area contributed by atoms with Crippen LogP contribution in [-0.2, 0) is 18.4 Å². The summed E-state index contributed by atoms with van der Waals surface area (Å²) in [6.45, 7) is 4.70. The molecule has 0 aliphatic rings. The Morgan fingerprint density at radius 1 is 0.642 bits per heavy atom. The molecule has 0 aliphatic heterocycles. The van der Waals surface area contributed by atoms with Crippen LogP contribution >= 0.6 is 7.82 Å². The van der Waals surface area contributed by atoms with Gasteiger partial charge in [0.25, 0.3) is 7.82 Å². The zero-order chi connectivity index (χ0) is 39.3. The molecule has 3 atom stereocenters. The van der Waals surface area contributed by atoms with Gasteiger partial charge in [-0.25, -0.2) is 0 Å². The number of phosphoric ester groups is 1. The smallest absolute Gasteiger partial charge is 0.268 e. The Morgan fingerprint density at radius 2 is 1.04 bits per heavy atom. The molecule has 0 saturated heterocycles. The highest BCUT2D eigenvalue weighted by atomic mass is 31.2. The summed E-state index contributed by atoms with van der Waals surface area (Å²) in [5.74, 6) is -0.174. The first-order valence-corrected chi connectivity index (χ1v) is 24.0. The molecule has 0 heterocycles. The zero-order valence-electron chi connectivity index (χ0n) is 35.7. The Labute approximate surface area is 329 Å². The summed E-state index contributed by atoms with van der Waals surface area (Å²) in [6, 6.07) is -0.800. The average molecular weight is 773 g/mol. The standard InChI is InChI=1S/C44H89N2O6P/c1-6-8-10-12-14-16-18-20-21-22-23-24-25-26-27-29-31-33-35-37-43(47)42(41-52-53(49,50)51-40-39-46(3,4)5)45-44(48)38-36-34-32-30-28-19-17-15-13-11-9-7-2/h15,17,42-43,47H,6-14,16,18-41H2,1-5H3,(H-,45,48,49,50)/b17-15-. The number of hydrogen-bond donors (Lipinski definition) is 2. The van der Waals surface area contributed by atoms with Crippen LogP contribution in [0.5, 0.6) is 0 Å². The van der Waals surface area contributed by atoms with Gasteiger partial charge in [0.1, 0.15) is 13.2 Å². The number of carbonyl (C=O) groups is 1. The van der Waals surface area contributed by atoms with E-state index in [0.29, 0.717) is 23.9 Å². The first kappa shape index (κ1) is 52.2. The van der Waals surface area contributed by atoms with Crippen molar-refractivity contribution in [2.45, 2.75) is 225 Å². The number of carbonyl (C=O) groups excluding carboxylic acids is 1. The Kier molecular flexibility index (Phi) is 36.3. The number of nitrogens with zero attached hydrogens (tertiary/aromatic N) is 1. The first-order valence-electron chi connectivity index (χ1n) is 22.5. The number of quaternary nitrogens is 1. The molecule has 0 aromatic heterocycles. The molecule has 0 bridgehead atoms. The number of allylic oxidation sites excluding steroid dienone is 2. The summed E-state index contributed by atoms with van der Waals surface area (Å²) in [5.41, 5.74) is 0. The van der Waals surface area contributed by atoms with Crippen LogP contribution in [0.3, 0.4) is 0 Å². The van der Waals surface area contributed by atoms with Crippen LogP contribution in [-0.4, -0.2) is 68.5 Å². The molecule has 0 fully saturated rings. The van der Waals surface area contributed by atoms with E-state index in [1.807, 2.05) is 21.1 Å². The second-order valence-electron chi connectivity index (χ2n) is 16.8. The summed E-state index contributed by atoms with van der Waals surface area (Å²) in [5, 5.41) is 13.9. The third-order valence-electron chi connectivity index (χ3n) is 10.3. The number of unbranched alkanes of at least 4 members (excludes halogenated alkanes) is 26. The molecule has 0 rings (SSSR count). The van der Waals surface area contributed by atoms with Crippen LogP contribution in [0.1, 0.15) is 213 Å². The molecule has 0 aliphatic carbocycles. The zero-order valence-corrected chi connectivity index (χ0v) is 36.6. The van der Waals surface area contributed by atoms with E-state index >= 15 is 0 Å². The lowest BCUT2D eigenvalue weighted by atomic mass is 10.0. The summed E-state index contributed by atoms with van der Waals surface area (Å²) < 4.78 is 23.2. The Balaban J connectivity index is 4.31. The van der Waals surface area contributed by atoms with Gasteiger partial charge in [-0.2, -0.15) is 0 Å². The van der Waals surface area contributed by atoms with Gasteiger partial charge < -0.3 is 28.8 Å². The summed E-state index contributed by atoms with van der Waals surface area (Å²) in [6.07, 6.45) is 40.7. The van der Waals surface area contributed by atoms with E-state index < -0.39 is 20.0 Å². The lowest BCUT2D eigenvalue weighted by Gasteiger charge is -2.30. The molecule has 9 heteroatoms. The SMILES string of the molecule is CCCCC/C=C\CCCCCCCC(=O)NC(COP(=O)([O-])OCC[N+](C)(C)C)C(O)CCCCCCCCCCCCCCCCCCCCC. The van der Waals surface area contributed by atoms with E-state index in [2.05, 4.69) is 31.3 Å². The molecule has 0 radical (unpaired) electrons. The Morgan fingerprint density at radius 3 is 1.51 bits per heavy atom. The van der Waals surface area contributed by atoms with Crippen LogP contribution in [0.4, 0.5) is 0 Å². The van der Waals surface area contributed by atoms with Gasteiger partial charge in [-0.05, 0) is 38.5 Å². The van der Waals surface area contributed by atoms with Gasteiger partial charge in [0.05, 0.1) is 39.9 Å². The fourth-order valence-electron chi connectivity index (χ4n) is 6.62. The maximum Gasteiger partial charge on any atom is 0.268 e. The number of aliphatic hydroxyl groups is 1. The van der Waals surface area contributed by atoms with Gasteiger partial charge in [-0.3, -0.25) is 9.36 Å². The monoisotopic (exact) mass is 773 g/mol. The fourth-order valence-corrected chi connectivity index (χ4v) is 7.35. The van der Waals surface area contributed by atoms with Crippen molar-refractivity contribution in [3.63, 3.8) is 0 Å². The van der Waals surface area contributed by atoms with Crippen molar-refractivity contribution in [3.8, 4) is 0 Å². The molecular weight excluding hydrogens is 683 g/mol. The van der Waals surface area contributed by atoms with Gasteiger partial charge in [0.2, 0.25) is 5.91 Å². The third kappa shape index (κ3) is 39.3. The minimum Gasteiger partial charge on any atom is -0.756 e. The highest BCUT2D eigenvalue weighted by Crippen LogP contribution is 2.38. The van der Waals surface area contributed by atoms with Crippen LogP contribution < -0.4 is 10.2 Å². The van der Waals surface area contributed by atoms with Crippen LogP contribution in [0.25, 0.3) is 0 Å². The average Bonchev–Trinajstić information content (AvgIpc) is 3.10. The largest absolute Gasteiger partial charge is 0.756 e. The molecule has 53 heavy (non-hydrogen) atoms. The molecular formula is C44H89N2O6P. The minimum atomic E-state index is -4.56. The lowest BCUT2D eigenvalue weighted by Crippen LogP contribution is -2.46. The summed E-state index contributed by atoms with van der Waals surface area (Å²) in [4.78, 5) is 25.3. The maximum atomic E-state index is 12.8. The topological polar surface area (TPSA) is 108 Å². The maximum absolute atomic E-state index is 12.8. The van der Waals surface area contributed by atoms with E-state index in [0.717, 1.165) is 51.4 Å². The molecule has 8 nitrogen and oxygen atoms in total. The molecule has 3 unspecified atom stereocenters. The van der Waals surface area contributed by atoms with Crippen LogP contribution in [0.2, 0.25) is 0 Å². The quantitative estimate of drug-likeness (QED) is 0.0277. The van der Waals surface area contributed by atoms with Crippen molar-refractivity contribution in [2.75, 3.05) is 40.9 Å². The number of phosphoric acid groups is 1. The van der Waals surface area contributed by atoms with Gasteiger partial charge in [0, 0.05) is 6.42 Å².